The molecule has 0 bridgehead atoms. The largest absolute Gasteiger partial charge is 0.367 e. The number of fused-ring (bicyclic) bond motifs is 1. The number of azo groups is 1. The summed E-state index contributed by atoms with van der Waals surface area (Å²) >= 11 is 3.24. The second-order valence-electron chi connectivity index (χ2n) is 8.76. The Bertz CT molecular complexity index is 1500. The predicted octanol–water partition coefficient (Wildman–Crippen LogP) is 6.46. The van der Waals surface area contributed by atoms with Crippen LogP contribution >= 0.6 is 15.9 Å². The van der Waals surface area contributed by atoms with Gasteiger partial charge in [0.05, 0.1) is 31.8 Å². The molecule has 1 atom stereocenters. The molecule has 0 aliphatic carbocycles. The van der Waals surface area contributed by atoms with Crippen molar-refractivity contribution in [1.82, 2.24) is 4.90 Å². The van der Waals surface area contributed by atoms with Crippen LogP contribution in [0.3, 0.4) is 0 Å². The highest BCUT2D eigenvalue weighted by Crippen LogP contribution is 2.35. The quantitative estimate of drug-likeness (QED) is 0.131. The minimum atomic E-state index is -0.579. The summed E-state index contributed by atoms with van der Waals surface area (Å²) in [6, 6.07) is 16.6. The van der Waals surface area contributed by atoms with Crippen LogP contribution in [0.15, 0.2) is 69.3 Å². The van der Waals surface area contributed by atoms with Crippen molar-refractivity contribution in [2.75, 3.05) is 18.0 Å². The molecule has 0 spiro atoms. The minimum absolute atomic E-state index is 0.0308. The Hall–Kier alpha value is -4.43. The lowest BCUT2D eigenvalue weighted by Crippen LogP contribution is -2.44. The summed E-state index contributed by atoms with van der Waals surface area (Å²) in [5, 5.41) is 29.0. The lowest BCUT2D eigenvalue weighted by Gasteiger charge is -2.32. The van der Waals surface area contributed by atoms with Crippen LogP contribution in [0.1, 0.15) is 45.7 Å². The van der Waals surface area contributed by atoms with Gasteiger partial charge >= 0.3 is 0 Å². The number of nitro groups is 1. The lowest BCUT2D eigenvalue weighted by molar-refractivity contribution is -0.384. The normalized spacial score (nSPS) is 13.5. The van der Waals surface area contributed by atoms with E-state index in [1.165, 1.54) is 11.0 Å². The summed E-state index contributed by atoms with van der Waals surface area (Å²) in [4.78, 5) is 39.5. The molecular formula is C27H23BrN6O4. The third-order valence-corrected chi connectivity index (χ3v) is 6.95. The fourth-order valence-corrected chi connectivity index (χ4v) is 4.96. The first-order valence-corrected chi connectivity index (χ1v) is 12.6. The molecule has 0 fully saturated rings. The minimum Gasteiger partial charge on any atom is -0.367 e. The summed E-state index contributed by atoms with van der Waals surface area (Å²) < 4.78 is 0.292. The Morgan fingerprint density at radius 3 is 2.32 bits per heavy atom. The topological polar surface area (TPSA) is 132 Å². The van der Waals surface area contributed by atoms with E-state index in [4.69, 9.17) is 0 Å². The molecule has 1 unspecified atom stereocenters. The van der Waals surface area contributed by atoms with Crippen molar-refractivity contribution < 1.29 is 14.5 Å². The molecule has 0 radical (unpaired) electrons. The molecule has 0 aromatic heterocycles. The van der Waals surface area contributed by atoms with Gasteiger partial charge in [-0.05, 0) is 72.6 Å². The number of nitro benzene ring substituents is 1. The molecule has 2 amide bonds. The van der Waals surface area contributed by atoms with Crippen LogP contribution in [0.5, 0.6) is 0 Å². The molecule has 4 rings (SSSR count). The van der Waals surface area contributed by atoms with Gasteiger partial charge in [-0.25, -0.2) is 0 Å². The van der Waals surface area contributed by atoms with Gasteiger partial charge in [0.2, 0.25) is 0 Å². The van der Waals surface area contributed by atoms with Crippen LogP contribution in [0.4, 0.5) is 22.7 Å². The summed E-state index contributed by atoms with van der Waals surface area (Å²) in [6.07, 6.45) is 0. The molecule has 38 heavy (non-hydrogen) atoms. The van der Waals surface area contributed by atoms with E-state index in [1.807, 2.05) is 39.0 Å². The third kappa shape index (κ3) is 5.03. The fraction of sp³-hybridized carbons (Fsp3) is 0.222. The number of hydrogen-bond acceptors (Lipinski definition) is 8. The van der Waals surface area contributed by atoms with E-state index in [0.29, 0.717) is 27.8 Å². The number of non-ortho nitro benzene ring substituents is 1. The van der Waals surface area contributed by atoms with Gasteiger partial charge in [0.25, 0.3) is 17.5 Å². The van der Waals surface area contributed by atoms with E-state index >= 15 is 0 Å². The number of aryl methyl sites for hydroxylation is 1. The molecule has 0 saturated heterocycles. The fourth-order valence-electron chi connectivity index (χ4n) is 4.43. The average Bonchev–Trinajstić information content (AvgIpc) is 3.13. The van der Waals surface area contributed by atoms with E-state index in [9.17, 15) is 25.0 Å². The second-order valence-corrected chi connectivity index (χ2v) is 9.62. The number of amides is 2. The lowest BCUT2D eigenvalue weighted by atomic mass is 10.1. The first-order valence-electron chi connectivity index (χ1n) is 11.8. The van der Waals surface area contributed by atoms with E-state index in [0.717, 1.165) is 17.3 Å². The van der Waals surface area contributed by atoms with Crippen molar-refractivity contribution in [3.05, 3.63) is 91.4 Å². The van der Waals surface area contributed by atoms with Crippen LogP contribution in [-0.4, -0.2) is 40.8 Å². The van der Waals surface area contributed by atoms with Crippen LogP contribution in [0, 0.1) is 28.4 Å². The van der Waals surface area contributed by atoms with Crippen molar-refractivity contribution >= 4 is 50.5 Å². The maximum atomic E-state index is 12.8. The van der Waals surface area contributed by atoms with Crippen molar-refractivity contribution in [3.63, 3.8) is 0 Å². The molecule has 10 nitrogen and oxygen atoms in total. The maximum absolute atomic E-state index is 12.8. The predicted molar refractivity (Wildman–Crippen MR) is 145 cm³/mol. The zero-order valence-corrected chi connectivity index (χ0v) is 22.5. The SMILES string of the molecule is CCN(c1ccc(/N=N/c2c(Br)cc([N+](=O)[O-])cc2C#N)c(C)c1)C(C)CN1C(=O)c2ccccc2C1=O. The van der Waals surface area contributed by atoms with E-state index in [2.05, 4.69) is 31.1 Å². The molecule has 1 heterocycles. The van der Waals surface area contributed by atoms with E-state index in [1.54, 1.807) is 30.3 Å². The number of nitriles is 1. The smallest absolute Gasteiger partial charge is 0.272 e. The Morgan fingerprint density at radius 2 is 1.76 bits per heavy atom. The highest BCUT2D eigenvalue weighted by Gasteiger charge is 2.36. The van der Waals surface area contributed by atoms with Gasteiger partial charge in [0.1, 0.15) is 11.8 Å². The number of hydrogen-bond donors (Lipinski definition) is 0. The summed E-state index contributed by atoms with van der Waals surface area (Å²) in [7, 11) is 0. The number of rotatable bonds is 8. The summed E-state index contributed by atoms with van der Waals surface area (Å²) in [6.45, 7) is 6.72. The standard InChI is InChI=1S/C27H23BrN6O4/c1-4-32(17(3)15-33-26(35)21-7-5-6-8-22(21)27(33)36)19-9-10-24(16(2)11-19)30-31-25-18(14-29)12-20(34(37)38)13-23(25)28/h5-13,17H,4,15H2,1-3H3/b31-30+. The average molecular weight is 575 g/mol. The monoisotopic (exact) mass is 574 g/mol. The van der Waals surface area contributed by atoms with Gasteiger partial charge in [0, 0.05) is 37.0 Å². The van der Waals surface area contributed by atoms with E-state index < -0.39 is 4.92 Å². The second kappa shape index (κ2) is 10.9. The highest BCUT2D eigenvalue weighted by atomic mass is 79.9. The summed E-state index contributed by atoms with van der Waals surface area (Å²) in [5.41, 5.74) is 3.14. The maximum Gasteiger partial charge on any atom is 0.272 e. The van der Waals surface area contributed by atoms with Crippen LogP contribution < -0.4 is 4.90 Å². The van der Waals surface area contributed by atoms with Crippen molar-refractivity contribution in [3.8, 4) is 6.07 Å². The Balaban J connectivity index is 1.54. The van der Waals surface area contributed by atoms with Crippen LogP contribution in [0.2, 0.25) is 0 Å². The number of imide groups is 1. The zero-order valence-electron chi connectivity index (χ0n) is 20.9. The van der Waals surface area contributed by atoms with E-state index in [-0.39, 0.29) is 41.3 Å². The number of halogens is 1. The van der Waals surface area contributed by atoms with Crippen LogP contribution in [0.25, 0.3) is 0 Å². The molecular weight excluding hydrogens is 552 g/mol. The summed E-state index contributed by atoms with van der Waals surface area (Å²) in [5.74, 6) is -0.566. The van der Waals surface area contributed by atoms with Gasteiger partial charge in [-0.3, -0.25) is 24.6 Å². The molecule has 0 saturated carbocycles. The molecule has 3 aromatic rings. The highest BCUT2D eigenvalue weighted by molar-refractivity contribution is 9.10. The van der Waals surface area contributed by atoms with Gasteiger partial charge in [0.15, 0.2) is 0 Å². The number of likely N-dealkylation sites (N-methyl/N-ethyl adjacent to an activating group) is 1. The van der Waals surface area contributed by atoms with Crippen molar-refractivity contribution in [2.45, 2.75) is 26.8 Å². The van der Waals surface area contributed by atoms with Crippen molar-refractivity contribution in [1.29, 1.82) is 5.26 Å². The van der Waals surface area contributed by atoms with Gasteiger partial charge in [-0.2, -0.15) is 10.4 Å². The van der Waals surface area contributed by atoms with Gasteiger partial charge in [-0.15, -0.1) is 5.11 Å². The zero-order chi connectivity index (χ0) is 27.6. The Morgan fingerprint density at radius 1 is 1.11 bits per heavy atom. The molecule has 3 aromatic carbocycles. The molecule has 0 N–H and O–H groups in total. The third-order valence-electron chi connectivity index (χ3n) is 6.35. The first-order chi connectivity index (χ1) is 18.2. The Kier molecular flexibility index (Phi) is 7.64. The van der Waals surface area contributed by atoms with Gasteiger partial charge in [-0.1, -0.05) is 12.1 Å². The van der Waals surface area contributed by atoms with Crippen LogP contribution in [-0.2, 0) is 0 Å². The number of anilines is 1. The molecule has 192 valence electrons. The molecule has 1 aliphatic rings. The first kappa shape index (κ1) is 26.6. The number of carbonyl (C=O) groups is 2. The molecule has 11 heteroatoms. The number of carbonyl (C=O) groups excluding carboxylic acids is 2. The van der Waals surface area contributed by atoms with Gasteiger partial charge < -0.3 is 4.90 Å². The number of nitrogens with zero attached hydrogens (tertiary/aromatic N) is 6. The number of benzene rings is 3. The Labute approximate surface area is 227 Å². The molecule has 1 aliphatic heterocycles. The van der Waals surface area contributed by atoms with Crippen molar-refractivity contribution in [2.24, 2.45) is 10.2 Å².